The Kier molecular flexibility index (Phi) is 6.33. The molecule has 0 aliphatic carbocycles. The first-order chi connectivity index (χ1) is 10.3. The van der Waals surface area contributed by atoms with Gasteiger partial charge >= 0.3 is 0 Å². The van der Waals surface area contributed by atoms with E-state index in [1.165, 1.54) is 0 Å². The first kappa shape index (κ1) is 16.1. The maximum Gasteiger partial charge on any atom is 0.127 e. The molecule has 21 heavy (non-hydrogen) atoms. The van der Waals surface area contributed by atoms with Crippen LogP contribution in [0.5, 0.6) is 11.5 Å². The van der Waals surface area contributed by atoms with Crippen LogP contribution in [0.3, 0.4) is 0 Å². The second kappa shape index (κ2) is 8.25. The van der Waals surface area contributed by atoms with Gasteiger partial charge in [0.15, 0.2) is 0 Å². The van der Waals surface area contributed by atoms with Crippen molar-refractivity contribution >= 4 is 0 Å². The lowest BCUT2D eigenvalue weighted by atomic mass is 9.88. The molecule has 0 radical (unpaired) electrons. The summed E-state index contributed by atoms with van der Waals surface area (Å²) in [6.07, 6.45) is 3.37. The minimum absolute atomic E-state index is 0.254. The summed E-state index contributed by atoms with van der Waals surface area (Å²) < 4.78 is 16.6. The third-order valence-corrected chi connectivity index (χ3v) is 4.17. The number of hydrogen-bond donors (Lipinski definition) is 1. The summed E-state index contributed by atoms with van der Waals surface area (Å²) in [4.78, 5) is 0. The largest absolute Gasteiger partial charge is 0.496 e. The van der Waals surface area contributed by atoms with Crippen molar-refractivity contribution in [2.24, 2.45) is 5.92 Å². The molecular formula is C17H27NO3. The summed E-state index contributed by atoms with van der Waals surface area (Å²) in [6, 6.07) is 6.24. The quantitative estimate of drug-likeness (QED) is 0.838. The van der Waals surface area contributed by atoms with Gasteiger partial charge in [-0.15, -0.1) is 0 Å². The van der Waals surface area contributed by atoms with Gasteiger partial charge in [0.2, 0.25) is 0 Å². The number of nitrogens with one attached hydrogen (secondary N) is 1. The number of hydrogen-bond acceptors (Lipinski definition) is 4. The Morgan fingerprint density at radius 1 is 1.19 bits per heavy atom. The van der Waals surface area contributed by atoms with Crippen molar-refractivity contribution in [3.8, 4) is 11.5 Å². The molecule has 1 aliphatic heterocycles. The van der Waals surface area contributed by atoms with E-state index in [1.54, 1.807) is 14.2 Å². The Morgan fingerprint density at radius 2 is 1.81 bits per heavy atom. The predicted octanol–water partition coefficient (Wildman–Crippen LogP) is 3.17. The monoisotopic (exact) mass is 293 g/mol. The zero-order chi connectivity index (χ0) is 15.1. The van der Waals surface area contributed by atoms with E-state index in [2.05, 4.69) is 12.2 Å². The highest BCUT2D eigenvalue weighted by Gasteiger charge is 2.25. The topological polar surface area (TPSA) is 39.7 Å². The Labute approximate surface area is 127 Å². The molecule has 1 saturated heterocycles. The fourth-order valence-electron chi connectivity index (χ4n) is 3.09. The molecule has 1 aromatic carbocycles. The first-order valence-corrected chi connectivity index (χ1v) is 7.82. The molecule has 1 fully saturated rings. The standard InChI is InChI=1S/C17H27NO3/c1-4-18-14(12-13-8-10-21-11-9-13)17-15(19-2)6-5-7-16(17)20-3/h5-7,13-14,18H,4,8-12H2,1-3H3. The smallest absolute Gasteiger partial charge is 0.127 e. The van der Waals surface area contributed by atoms with Crippen molar-refractivity contribution < 1.29 is 14.2 Å². The second-order valence-corrected chi connectivity index (χ2v) is 5.48. The van der Waals surface area contributed by atoms with Crippen LogP contribution in [-0.2, 0) is 4.74 Å². The normalized spacial score (nSPS) is 17.5. The highest BCUT2D eigenvalue weighted by molar-refractivity contribution is 5.47. The van der Waals surface area contributed by atoms with Gasteiger partial charge in [0.1, 0.15) is 11.5 Å². The summed E-state index contributed by atoms with van der Waals surface area (Å²) >= 11 is 0. The van der Waals surface area contributed by atoms with Crippen molar-refractivity contribution in [1.82, 2.24) is 5.32 Å². The van der Waals surface area contributed by atoms with E-state index >= 15 is 0 Å². The molecule has 0 spiro atoms. The fraction of sp³-hybridized carbons (Fsp3) is 0.647. The predicted molar refractivity (Wildman–Crippen MR) is 84.1 cm³/mol. The van der Waals surface area contributed by atoms with Crippen LogP contribution in [0.15, 0.2) is 18.2 Å². The average molecular weight is 293 g/mol. The summed E-state index contributed by atoms with van der Waals surface area (Å²) in [6.45, 7) is 4.83. The molecule has 4 nitrogen and oxygen atoms in total. The number of benzene rings is 1. The lowest BCUT2D eigenvalue weighted by molar-refractivity contribution is 0.0604. The molecule has 0 saturated carbocycles. The van der Waals surface area contributed by atoms with Crippen molar-refractivity contribution in [1.29, 1.82) is 0 Å². The lowest BCUT2D eigenvalue weighted by Gasteiger charge is -2.29. The summed E-state index contributed by atoms with van der Waals surface area (Å²) in [5, 5.41) is 3.59. The van der Waals surface area contributed by atoms with E-state index < -0.39 is 0 Å². The minimum atomic E-state index is 0.254. The lowest BCUT2D eigenvalue weighted by Crippen LogP contribution is -2.27. The molecular weight excluding hydrogens is 266 g/mol. The molecule has 1 aromatic rings. The molecule has 0 amide bonds. The number of ether oxygens (including phenoxy) is 3. The summed E-state index contributed by atoms with van der Waals surface area (Å²) in [5.41, 5.74) is 1.14. The van der Waals surface area contributed by atoms with Gasteiger partial charge in [-0.1, -0.05) is 13.0 Å². The Balaban J connectivity index is 2.23. The molecule has 2 rings (SSSR count). The molecule has 1 atom stereocenters. The third kappa shape index (κ3) is 4.11. The van der Waals surface area contributed by atoms with E-state index in [1.807, 2.05) is 18.2 Å². The highest BCUT2D eigenvalue weighted by Crippen LogP contribution is 2.38. The van der Waals surface area contributed by atoms with Crippen molar-refractivity contribution in [2.45, 2.75) is 32.2 Å². The molecule has 1 N–H and O–H groups in total. The van der Waals surface area contributed by atoms with Crippen LogP contribution < -0.4 is 14.8 Å². The average Bonchev–Trinajstić information content (AvgIpc) is 2.54. The molecule has 1 heterocycles. The van der Waals surface area contributed by atoms with Gasteiger partial charge in [0.05, 0.1) is 19.8 Å². The second-order valence-electron chi connectivity index (χ2n) is 5.48. The molecule has 4 heteroatoms. The Hall–Kier alpha value is -1.26. The van der Waals surface area contributed by atoms with Crippen LogP contribution in [0.2, 0.25) is 0 Å². The highest BCUT2D eigenvalue weighted by atomic mass is 16.5. The third-order valence-electron chi connectivity index (χ3n) is 4.17. The van der Waals surface area contributed by atoms with Gasteiger partial charge in [0.25, 0.3) is 0 Å². The summed E-state index contributed by atoms with van der Waals surface area (Å²) in [7, 11) is 3.44. The van der Waals surface area contributed by atoms with Gasteiger partial charge in [-0.05, 0) is 43.9 Å². The molecule has 1 unspecified atom stereocenters. The minimum Gasteiger partial charge on any atom is -0.496 e. The first-order valence-electron chi connectivity index (χ1n) is 7.82. The molecule has 0 aromatic heterocycles. The number of methoxy groups -OCH3 is 2. The van der Waals surface area contributed by atoms with Crippen LogP contribution in [-0.4, -0.2) is 34.0 Å². The summed E-state index contributed by atoms with van der Waals surface area (Å²) in [5.74, 6) is 2.48. The van der Waals surface area contributed by atoms with Gasteiger partial charge < -0.3 is 19.5 Å². The van der Waals surface area contributed by atoms with Crippen LogP contribution >= 0.6 is 0 Å². The van der Waals surface area contributed by atoms with Crippen LogP contribution in [0.25, 0.3) is 0 Å². The van der Waals surface area contributed by atoms with Crippen molar-refractivity contribution in [3.63, 3.8) is 0 Å². The van der Waals surface area contributed by atoms with Gasteiger partial charge in [-0.25, -0.2) is 0 Å². The SMILES string of the molecule is CCNC(CC1CCOCC1)c1c(OC)cccc1OC. The van der Waals surface area contributed by atoms with Crippen LogP contribution in [0, 0.1) is 5.92 Å². The maximum atomic E-state index is 5.56. The fourth-order valence-corrected chi connectivity index (χ4v) is 3.09. The van der Waals surface area contributed by atoms with Gasteiger partial charge in [-0.3, -0.25) is 0 Å². The van der Waals surface area contributed by atoms with Gasteiger partial charge in [-0.2, -0.15) is 0 Å². The Morgan fingerprint density at radius 3 is 2.33 bits per heavy atom. The van der Waals surface area contributed by atoms with Crippen LogP contribution in [0.4, 0.5) is 0 Å². The zero-order valence-corrected chi connectivity index (χ0v) is 13.4. The molecule has 118 valence electrons. The van der Waals surface area contributed by atoms with E-state index in [4.69, 9.17) is 14.2 Å². The Bertz CT molecular complexity index is 408. The van der Waals surface area contributed by atoms with E-state index in [-0.39, 0.29) is 6.04 Å². The number of rotatable bonds is 7. The van der Waals surface area contributed by atoms with E-state index in [0.717, 1.165) is 56.1 Å². The van der Waals surface area contributed by atoms with Crippen molar-refractivity contribution in [2.75, 3.05) is 34.0 Å². The molecule has 1 aliphatic rings. The van der Waals surface area contributed by atoms with E-state index in [9.17, 15) is 0 Å². The zero-order valence-electron chi connectivity index (χ0n) is 13.4. The maximum absolute atomic E-state index is 5.56. The van der Waals surface area contributed by atoms with Crippen LogP contribution in [0.1, 0.15) is 37.8 Å². The van der Waals surface area contributed by atoms with Gasteiger partial charge in [0, 0.05) is 19.3 Å². The van der Waals surface area contributed by atoms with E-state index in [0.29, 0.717) is 5.92 Å². The molecule has 0 bridgehead atoms. The van der Waals surface area contributed by atoms with Crippen molar-refractivity contribution in [3.05, 3.63) is 23.8 Å².